The van der Waals surface area contributed by atoms with Gasteiger partial charge in [0.05, 0.1) is 0 Å². The molecule has 0 saturated carbocycles. The Morgan fingerprint density at radius 1 is 1.03 bits per heavy atom. The first-order valence-corrected chi connectivity index (χ1v) is 9.54. The monoisotopic (exact) mass is 404 g/mol. The van der Waals surface area contributed by atoms with Crippen molar-refractivity contribution in [2.24, 2.45) is 0 Å². The van der Waals surface area contributed by atoms with Crippen LogP contribution in [0.2, 0.25) is 0 Å². The van der Waals surface area contributed by atoms with Crippen LogP contribution in [0.1, 0.15) is 32.8 Å². The predicted molar refractivity (Wildman–Crippen MR) is 106 cm³/mol. The molecule has 0 aromatic heterocycles. The Morgan fingerprint density at radius 3 is 2.28 bits per heavy atom. The number of ether oxygens (including phenoxy) is 1. The van der Waals surface area contributed by atoms with Gasteiger partial charge in [-0.3, -0.25) is 9.59 Å². The van der Waals surface area contributed by atoms with Crippen LogP contribution < -0.4 is 10.1 Å². The van der Waals surface area contributed by atoms with Crippen molar-refractivity contribution in [2.75, 3.05) is 6.61 Å². The van der Waals surface area contributed by atoms with Crippen LogP contribution in [0.5, 0.6) is 5.75 Å². The number of nitrogens with zero attached hydrogens (tertiary/aromatic N) is 1. The Hall–Kier alpha value is -2.96. The summed E-state index contributed by atoms with van der Waals surface area (Å²) in [5, 5.41) is 2.82. The average Bonchev–Trinajstić information content (AvgIpc) is 2.71. The minimum Gasteiger partial charge on any atom is -0.481 e. The van der Waals surface area contributed by atoms with Gasteiger partial charge >= 0.3 is 0 Å². The van der Waals surface area contributed by atoms with Crippen molar-refractivity contribution in [3.05, 3.63) is 65.7 Å². The molecule has 7 heteroatoms. The molecule has 29 heavy (non-hydrogen) atoms. The first kappa shape index (κ1) is 22.3. The maximum atomic E-state index is 14.1. The highest BCUT2D eigenvalue weighted by molar-refractivity contribution is 5.88. The third kappa shape index (κ3) is 6.27. The van der Waals surface area contributed by atoms with Crippen molar-refractivity contribution < 1.29 is 23.1 Å². The summed E-state index contributed by atoms with van der Waals surface area (Å²) in [6, 6.07) is 10.8. The van der Waals surface area contributed by atoms with E-state index in [-0.39, 0.29) is 29.8 Å². The number of carbonyl (C=O) groups is 2. The van der Waals surface area contributed by atoms with Gasteiger partial charge in [0.2, 0.25) is 5.91 Å². The molecule has 0 heterocycles. The van der Waals surface area contributed by atoms with Crippen molar-refractivity contribution in [3.8, 4) is 5.75 Å². The van der Waals surface area contributed by atoms with E-state index in [4.69, 9.17) is 4.74 Å². The Morgan fingerprint density at radius 2 is 1.66 bits per heavy atom. The van der Waals surface area contributed by atoms with E-state index in [2.05, 4.69) is 5.32 Å². The Labute approximate surface area is 169 Å². The van der Waals surface area contributed by atoms with Crippen LogP contribution in [0.3, 0.4) is 0 Å². The fourth-order valence-corrected chi connectivity index (χ4v) is 2.64. The average molecular weight is 404 g/mol. The molecule has 0 fully saturated rings. The minimum absolute atomic E-state index is 0.0648. The molecule has 2 amide bonds. The second-order valence-electron chi connectivity index (χ2n) is 6.83. The minimum atomic E-state index is -0.861. The van der Waals surface area contributed by atoms with Crippen LogP contribution in [0.15, 0.2) is 48.5 Å². The van der Waals surface area contributed by atoms with E-state index in [9.17, 15) is 18.4 Å². The highest BCUT2D eigenvalue weighted by atomic mass is 19.1. The fourth-order valence-electron chi connectivity index (χ4n) is 2.64. The molecule has 0 spiro atoms. The number of hydrogen-bond acceptors (Lipinski definition) is 3. The lowest BCUT2D eigenvalue weighted by atomic mass is 10.1. The van der Waals surface area contributed by atoms with E-state index in [0.717, 1.165) is 6.42 Å². The summed E-state index contributed by atoms with van der Waals surface area (Å²) in [4.78, 5) is 26.6. The van der Waals surface area contributed by atoms with Crippen LogP contribution >= 0.6 is 0 Å². The van der Waals surface area contributed by atoms with Crippen LogP contribution in [0, 0.1) is 11.6 Å². The smallest absolute Gasteiger partial charge is 0.261 e. The molecular weight excluding hydrogens is 378 g/mol. The zero-order valence-electron chi connectivity index (χ0n) is 16.8. The van der Waals surface area contributed by atoms with E-state index in [1.54, 1.807) is 31.2 Å². The molecule has 2 aromatic rings. The number of amides is 2. The van der Waals surface area contributed by atoms with Crippen LogP contribution in [-0.2, 0) is 16.1 Å². The lowest BCUT2D eigenvalue weighted by molar-refractivity contribution is -0.142. The van der Waals surface area contributed by atoms with Crippen LogP contribution in [0.25, 0.3) is 0 Å². The summed E-state index contributed by atoms with van der Waals surface area (Å²) < 4.78 is 33.2. The van der Waals surface area contributed by atoms with E-state index < -0.39 is 30.2 Å². The third-order valence-electron chi connectivity index (χ3n) is 4.65. The zero-order valence-corrected chi connectivity index (χ0v) is 16.8. The summed E-state index contributed by atoms with van der Waals surface area (Å²) >= 11 is 0. The van der Waals surface area contributed by atoms with Gasteiger partial charge < -0.3 is 15.0 Å². The molecule has 5 nitrogen and oxygen atoms in total. The normalized spacial score (nSPS) is 12.7. The third-order valence-corrected chi connectivity index (χ3v) is 4.65. The fraction of sp³-hybridized carbons (Fsp3) is 0.364. The van der Waals surface area contributed by atoms with Gasteiger partial charge in [0, 0.05) is 18.2 Å². The summed E-state index contributed by atoms with van der Waals surface area (Å²) in [5.74, 6) is -2.04. The summed E-state index contributed by atoms with van der Waals surface area (Å²) in [6.07, 6.45) is 0.732. The molecule has 2 atom stereocenters. The second-order valence-corrected chi connectivity index (χ2v) is 6.83. The Balaban J connectivity index is 2.18. The molecule has 156 valence electrons. The molecular formula is C22H26F2N2O3. The quantitative estimate of drug-likeness (QED) is 0.694. The molecule has 2 rings (SSSR count). The van der Waals surface area contributed by atoms with E-state index >= 15 is 0 Å². The maximum absolute atomic E-state index is 14.1. The SMILES string of the molecule is CC[C@H](C)NC(=O)[C@H](C)N(Cc1ccccc1F)C(=O)COc1ccccc1F. The summed E-state index contributed by atoms with van der Waals surface area (Å²) in [5.41, 5.74) is 0.273. The van der Waals surface area contributed by atoms with Gasteiger partial charge in [-0.15, -0.1) is 0 Å². The standard InChI is InChI=1S/C22H26F2N2O3/c1-4-15(2)25-22(28)16(3)26(13-17-9-5-6-10-18(17)23)21(27)14-29-20-12-8-7-11-19(20)24/h5-12,15-16H,4,13-14H2,1-3H3,(H,25,28)/t15-,16-/m0/s1. The lowest BCUT2D eigenvalue weighted by Gasteiger charge is -2.29. The maximum Gasteiger partial charge on any atom is 0.261 e. The number of carbonyl (C=O) groups excluding carboxylic acids is 2. The molecule has 0 aliphatic heterocycles. The van der Waals surface area contributed by atoms with E-state index in [0.29, 0.717) is 0 Å². The number of rotatable bonds is 9. The van der Waals surface area contributed by atoms with Gasteiger partial charge in [0.15, 0.2) is 18.2 Å². The molecule has 0 radical (unpaired) electrons. The zero-order chi connectivity index (χ0) is 21.4. The van der Waals surface area contributed by atoms with Gasteiger partial charge in [-0.05, 0) is 38.5 Å². The summed E-state index contributed by atoms with van der Waals surface area (Å²) in [6.45, 7) is 4.77. The molecule has 0 saturated heterocycles. The number of halogens is 2. The number of hydrogen-bond donors (Lipinski definition) is 1. The highest BCUT2D eigenvalue weighted by Gasteiger charge is 2.28. The van der Waals surface area contributed by atoms with Gasteiger partial charge in [-0.2, -0.15) is 0 Å². The number of para-hydroxylation sites is 1. The molecule has 0 aliphatic rings. The number of nitrogens with one attached hydrogen (secondary N) is 1. The first-order valence-electron chi connectivity index (χ1n) is 9.54. The van der Waals surface area contributed by atoms with Gasteiger partial charge in [0.25, 0.3) is 5.91 Å². The van der Waals surface area contributed by atoms with Gasteiger partial charge in [0.1, 0.15) is 11.9 Å². The van der Waals surface area contributed by atoms with Crippen molar-refractivity contribution >= 4 is 11.8 Å². The van der Waals surface area contributed by atoms with Crippen molar-refractivity contribution in [1.82, 2.24) is 10.2 Å². The molecule has 1 N–H and O–H groups in total. The molecule has 0 aliphatic carbocycles. The highest BCUT2D eigenvalue weighted by Crippen LogP contribution is 2.17. The van der Waals surface area contributed by atoms with E-state index in [1.165, 1.54) is 29.2 Å². The van der Waals surface area contributed by atoms with Crippen molar-refractivity contribution in [2.45, 2.75) is 45.8 Å². The summed E-state index contributed by atoms with van der Waals surface area (Å²) in [7, 11) is 0. The predicted octanol–water partition coefficient (Wildman–Crippen LogP) is 3.68. The van der Waals surface area contributed by atoms with Crippen LogP contribution in [0.4, 0.5) is 8.78 Å². The number of benzene rings is 2. The molecule has 0 bridgehead atoms. The Bertz CT molecular complexity index is 844. The van der Waals surface area contributed by atoms with Crippen molar-refractivity contribution in [1.29, 1.82) is 0 Å². The van der Waals surface area contributed by atoms with Crippen molar-refractivity contribution in [3.63, 3.8) is 0 Å². The lowest BCUT2D eigenvalue weighted by Crippen LogP contribution is -2.50. The Kier molecular flexibility index (Phi) is 8.12. The largest absolute Gasteiger partial charge is 0.481 e. The van der Waals surface area contributed by atoms with E-state index in [1.807, 2.05) is 13.8 Å². The first-order chi connectivity index (χ1) is 13.8. The molecule has 0 unspecified atom stereocenters. The van der Waals surface area contributed by atoms with Crippen LogP contribution in [-0.4, -0.2) is 35.4 Å². The van der Waals surface area contributed by atoms with Gasteiger partial charge in [-0.25, -0.2) is 8.78 Å². The molecule has 2 aromatic carbocycles. The second kappa shape index (κ2) is 10.5. The topological polar surface area (TPSA) is 58.6 Å². The van der Waals surface area contributed by atoms with Gasteiger partial charge in [-0.1, -0.05) is 37.3 Å².